The number of urea groups is 1. The van der Waals surface area contributed by atoms with Crippen molar-refractivity contribution in [1.29, 1.82) is 0 Å². The van der Waals surface area contributed by atoms with Gasteiger partial charge in [0.15, 0.2) is 0 Å². The fourth-order valence-corrected chi connectivity index (χ4v) is 2.34. The number of aliphatic carboxylic acids is 1. The number of carbonyl (C=O) groups is 2. The molecule has 6 nitrogen and oxygen atoms in total. The van der Waals surface area contributed by atoms with E-state index in [1.807, 2.05) is 0 Å². The van der Waals surface area contributed by atoms with Gasteiger partial charge in [0.1, 0.15) is 5.92 Å². The SMILES string of the molecule is CCCCC(CC)CNC(=O)NC1COCC1C(=O)O. The average Bonchev–Trinajstić information content (AvgIpc) is 2.87. The fourth-order valence-electron chi connectivity index (χ4n) is 2.34. The standard InChI is InChI=1S/C14H26N2O4/c1-3-5-6-10(4-2)7-15-14(19)16-12-9-20-8-11(12)13(17)18/h10-12H,3-9H2,1-2H3,(H,17,18)(H2,15,16,19). The van der Waals surface area contributed by atoms with Gasteiger partial charge in [-0.05, 0) is 12.3 Å². The Balaban J connectivity index is 2.30. The number of hydrogen-bond donors (Lipinski definition) is 3. The summed E-state index contributed by atoms with van der Waals surface area (Å²) in [5.74, 6) is -1.10. The summed E-state index contributed by atoms with van der Waals surface area (Å²) in [6.45, 7) is 5.32. The molecule has 3 N–H and O–H groups in total. The smallest absolute Gasteiger partial charge is 0.315 e. The van der Waals surface area contributed by atoms with Crippen molar-refractivity contribution >= 4 is 12.0 Å². The normalized spacial score (nSPS) is 23.3. The minimum absolute atomic E-state index is 0.161. The third kappa shape index (κ3) is 5.36. The molecule has 0 bridgehead atoms. The van der Waals surface area contributed by atoms with E-state index in [1.165, 1.54) is 6.42 Å². The Morgan fingerprint density at radius 2 is 2.10 bits per heavy atom. The van der Waals surface area contributed by atoms with Crippen molar-refractivity contribution in [3.05, 3.63) is 0 Å². The molecule has 2 amide bonds. The summed E-state index contributed by atoms with van der Waals surface area (Å²) in [5.41, 5.74) is 0. The van der Waals surface area contributed by atoms with Gasteiger partial charge in [0, 0.05) is 6.54 Å². The van der Waals surface area contributed by atoms with Gasteiger partial charge in [-0.1, -0.05) is 33.1 Å². The van der Waals surface area contributed by atoms with E-state index in [9.17, 15) is 9.59 Å². The summed E-state index contributed by atoms with van der Waals surface area (Å²) in [6, 6.07) is -0.745. The first-order valence-corrected chi connectivity index (χ1v) is 7.43. The lowest BCUT2D eigenvalue weighted by molar-refractivity contribution is -0.142. The molecule has 1 aliphatic heterocycles. The van der Waals surface area contributed by atoms with E-state index in [-0.39, 0.29) is 19.2 Å². The molecule has 1 fully saturated rings. The van der Waals surface area contributed by atoms with Crippen LogP contribution >= 0.6 is 0 Å². The minimum Gasteiger partial charge on any atom is -0.481 e. The van der Waals surface area contributed by atoms with Crippen molar-refractivity contribution < 1.29 is 19.4 Å². The summed E-state index contributed by atoms with van der Waals surface area (Å²) in [4.78, 5) is 22.8. The highest BCUT2D eigenvalue weighted by Crippen LogP contribution is 2.14. The van der Waals surface area contributed by atoms with Gasteiger partial charge >= 0.3 is 12.0 Å². The van der Waals surface area contributed by atoms with E-state index in [2.05, 4.69) is 24.5 Å². The molecule has 0 saturated carbocycles. The van der Waals surface area contributed by atoms with Crippen LogP contribution < -0.4 is 10.6 Å². The Labute approximate surface area is 120 Å². The largest absolute Gasteiger partial charge is 0.481 e. The number of nitrogens with one attached hydrogen (secondary N) is 2. The number of carbonyl (C=O) groups excluding carboxylic acids is 1. The van der Waals surface area contributed by atoms with Gasteiger partial charge < -0.3 is 20.5 Å². The maximum Gasteiger partial charge on any atom is 0.315 e. The lowest BCUT2D eigenvalue weighted by atomic mass is 9.99. The number of carboxylic acids is 1. The zero-order valence-electron chi connectivity index (χ0n) is 12.4. The van der Waals surface area contributed by atoms with Gasteiger partial charge in [-0.3, -0.25) is 4.79 Å². The Bertz CT molecular complexity index is 322. The van der Waals surface area contributed by atoms with Crippen LogP contribution in [0.1, 0.15) is 39.5 Å². The Morgan fingerprint density at radius 1 is 1.35 bits per heavy atom. The van der Waals surface area contributed by atoms with Crippen LogP contribution in [0.5, 0.6) is 0 Å². The van der Waals surface area contributed by atoms with Crippen LogP contribution in [0.4, 0.5) is 4.79 Å². The van der Waals surface area contributed by atoms with E-state index in [0.717, 1.165) is 19.3 Å². The van der Waals surface area contributed by atoms with Crippen LogP contribution in [-0.2, 0) is 9.53 Å². The Hall–Kier alpha value is -1.30. The molecule has 6 heteroatoms. The van der Waals surface area contributed by atoms with Gasteiger partial charge in [0.2, 0.25) is 0 Å². The van der Waals surface area contributed by atoms with Crippen LogP contribution in [0, 0.1) is 11.8 Å². The first-order valence-electron chi connectivity index (χ1n) is 7.43. The maximum atomic E-state index is 11.8. The van der Waals surface area contributed by atoms with Crippen molar-refractivity contribution in [2.24, 2.45) is 11.8 Å². The molecule has 0 aromatic heterocycles. The number of ether oxygens (including phenoxy) is 1. The minimum atomic E-state index is -0.929. The van der Waals surface area contributed by atoms with Crippen LogP contribution in [-0.4, -0.2) is 42.9 Å². The van der Waals surface area contributed by atoms with Gasteiger partial charge in [-0.25, -0.2) is 4.79 Å². The third-order valence-corrected chi connectivity index (χ3v) is 3.81. The molecule has 1 aliphatic rings. The molecule has 116 valence electrons. The predicted molar refractivity (Wildman–Crippen MR) is 75.6 cm³/mol. The molecule has 0 aromatic carbocycles. The fraction of sp³-hybridized carbons (Fsp3) is 0.857. The second-order valence-electron chi connectivity index (χ2n) is 5.36. The van der Waals surface area contributed by atoms with Gasteiger partial charge in [-0.2, -0.15) is 0 Å². The number of amides is 2. The second kappa shape index (κ2) is 8.79. The van der Waals surface area contributed by atoms with E-state index in [1.54, 1.807) is 0 Å². The number of rotatable bonds is 8. The number of unbranched alkanes of at least 4 members (excludes halogenated alkanes) is 1. The molecule has 20 heavy (non-hydrogen) atoms. The third-order valence-electron chi connectivity index (χ3n) is 3.81. The van der Waals surface area contributed by atoms with E-state index in [4.69, 9.17) is 9.84 Å². The van der Waals surface area contributed by atoms with E-state index in [0.29, 0.717) is 12.5 Å². The zero-order valence-corrected chi connectivity index (χ0v) is 12.4. The highest BCUT2D eigenvalue weighted by Gasteiger charge is 2.35. The molecular weight excluding hydrogens is 260 g/mol. The summed E-state index contributed by atoms with van der Waals surface area (Å²) in [7, 11) is 0. The molecule has 0 aromatic rings. The summed E-state index contributed by atoms with van der Waals surface area (Å²) >= 11 is 0. The molecule has 1 heterocycles. The van der Waals surface area contributed by atoms with Crippen molar-refractivity contribution in [3.63, 3.8) is 0 Å². The van der Waals surface area contributed by atoms with Crippen LogP contribution in [0.15, 0.2) is 0 Å². The zero-order chi connectivity index (χ0) is 15.0. The molecule has 1 rings (SSSR count). The van der Waals surface area contributed by atoms with Crippen molar-refractivity contribution in [1.82, 2.24) is 10.6 Å². The van der Waals surface area contributed by atoms with E-state index >= 15 is 0 Å². The molecule has 0 aliphatic carbocycles. The van der Waals surface area contributed by atoms with Gasteiger partial charge in [0.25, 0.3) is 0 Å². The van der Waals surface area contributed by atoms with Gasteiger partial charge in [-0.15, -0.1) is 0 Å². The number of hydrogen-bond acceptors (Lipinski definition) is 3. The molecule has 3 atom stereocenters. The second-order valence-corrected chi connectivity index (χ2v) is 5.36. The number of carboxylic acid groups (broad SMARTS) is 1. The average molecular weight is 286 g/mol. The Morgan fingerprint density at radius 3 is 2.70 bits per heavy atom. The summed E-state index contributed by atoms with van der Waals surface area (Å²) in [6.07, 6.45) is 4.46. The van der Waals surface area contributed by atoms with Crippen molar-refractivity contribution in [2.45, 2.75) is 45.6 Å². The first kappa shape index (κ1) is 16.8. The lowest BCUT2D eigenvalue weighted by Crippen LogP contribution is -2.48. The van der Waals surface area contributed by atoms with Crippen LogP contribution in [0.3, 0.4) is 0 Å². The maximum absolute atomic E-state index is 11.8. The first-order chi connectivity index (χ1) is 9.58. The highest BCUT2D eigenvalue weighted by atomic mass is 16.5. The van der Waals surface area contributed by atoms with Crippen LogP contribution in [0.25, 0.3) is 0 Å². The molecule has 1 saturated heterocycles. The lowest BCUT2D eigenvalue weighted by Gasteiger charge is -2.19. The topological polar surface area (TPSA) is 87.7 Å². The summed E-state index contributed by atoms with van der Waals surface area (Å²) < 4.78 is 5.11. The van der Waals surface area contributed by atoms with Crippen molar-refractivity contribution in [2.75, 3.05) is 19.8 Å². The molecule has 3 unspecified atom stereocenters. The quantitative estimate of drug-likeness (QED) is 0.632. The van der Waals surface area contributed by atoms with Crippen LogP contribution in [0.2, 0.25) is 0 Å². The monoisotopic (exact) mass is 286 g/mol. The Kier molecular flexibility index (Phi) is 7.36. The molecule has 0 radical (unpaired) electrons. The predicted octanol–water partition coefficient (Wildman–Crippen LogP) is 1.60. The summed E-state index contributed by atoms with van der Waals surface area (Å²) in [5, 5.41) is 14.5. The molecule has 0 spiro atoms. The van der Waals surface area contributed by atoms with Gasteiger partial charge in [0.05, 0.1) is 19.3 Å². The highest BCUT2D eigenvalue weighted by molar-refractivity contribution is 5.77. The van der Waals surface area contributed by atoms with Crippen molar-refractivity contribution in [3.8, 4) is 0 Å². The van der Waals surface area contributed by atoms with E-state index < -0.39 is 17.9 Å². The molecular formula is C14H26N2O4.